The predicted molar refractivity (Wildman–Crippen MR) is 82.0 cm³/mol. The Morgan fingerprint density at radius 1 is 1.44 bits per heavy atom. The summed E-state index contributed by atoms with van der Waals surface area (Å²) < 4.78 is 0.758. The molecule has 0 aliphatic rings. The fourth-order valence-electron chi connectivity index (χ4n) is 1.47. The Hall–Kier alpha value is -1.14. The molecule has 0 aromatic heterocycles. The molecule has 0 atom stereocenters. The maximum absolute atomic E-state index is 11.9. The Balaban J connectivity index is 2.86. The van der Waals surface area contributed by atoms with E-state index in [9.17, 15) is 4.79 Å². The highest BCUT2D eigenvalue weighted by Gasteiger charge is 2.11. The number of anilines is 1. The number of carbonyl (C=O) groups is 1. The molecule has 0 heterocycles. The second-order valence-corrected chi connectivity index (χ2v) is 4.96. The second-order valence-electron chi connectivity index (χ2n) is 3.66. The van der Waals surface area contributed by atoms with Crippen molar-refractivity contribution < 1.29 is 4.79 Å². The van der Waals surface area contributed by atoms with Crippen LogP contribution in [0.3, 0.4) is 0 Å². The van der Waals surface area contributed by atoms with Gasteiger partial charge in [-0.2, -0.15) is 0 Å². The van der Waals surface area contributed by atoms with Crippen molar-refractivity contribution in [2.24, 2.45) is 5.73 Å². The molecule has 0 saturated carbocycles. The molecule has 2 amide bonds. The number of hydrogen-bond donors (Lipinski definition) is 2. The first-order valence-electron chi connectivity index (χ1n) is 5.64. The SMILES string of the molecule is CCN(CC)C(=O)Nc1ccc(C(N)=S)cc1Br. The Morgan fingerprint density at radius 2 is 2.06 bits per heavy atom. The molecular weight excluding hydrogens is 314 g/mol. The molecule has 0 spiro atoms. The van der Waals surface area contributed by atoms with Gasteiger partial charge in [-0.05, 0) is 48.0 Å². The molecule has 0 aliphatic heterocycles. The zero-order valence-corrected chi connectivity index (χ0v) is 12.8. The molecule has 1 aromatic carbocycles. The van der Waals surface area contributed by atoms with E-state index in [1.165, 1.54) is 0 Å². The number of benzene rings is 1. The van der Waals surface area contributed by atoms with Crippen LogP contribution in [0.1, 0.15) is 19.4 Å². The topological polar surface area (TPSA) is 58.4 Å². The monoisotopic (exact) mass is 329 g/mol. The van der Waals surface area contributed by atoms with E-state index in [0.29, 0.717) is 23.8 Å². The smallest absolute Gasteiger partial charge is 0.321 e. The maximum Gasteiger partial charge on any atom is 0.321 e. The minimum atomic E-state index is -0.122. The van der Waals surface area contributed by atoms with Crippen LogP contribution >= 0.6 is 28.1 Å². The van der Waals surface area contributed by atoms with Crippen molar-refractivity contribution in [1.82, 2.24) is 4.90 Å². The van der Waals surface area contributed by atoms with Crippen LogP contribution in [0.15, 0.2) is 22.7 Å². The summed E-state index contributed by atoms with van der Waals surface area (Å²) in [4.78, 5) is 13.9. The van der Waals surface area contributed by atoms with Crippen molar-refractivity contribution in [3.05, 3.63) is 28.2 Å². The van der Waals surface area contributed by atoms with E-state index in [1.54, 1.807) is 23.1 Å². The highest BCUT2D eigenvalue weighted by atomic mass is 79.9. The first-order chi connectivity index (χ1) is 8.49. The highest BCUT2D eigenvalue weighted by Crippen LogP contribution is 2.24. The third-order valence-corrected chi connectivity index (χ3v) is 3.44. The van der Waals surface area contributed by atoms with Gasteiger partial charge in [-0.3, -0.25) is 0 Å². The molecule has 0 bridgehead atoms. The predicted octanol–water partition coefficient (Wildman–Crippen LogP) is 2.96. The van der Waals surface area contributed by atoms with Gasteiger partial charge in [-0.25, -0.2) is 4.79 Å². The van der Waals surface area contributed by atoms with Crippen LogP contribution < -0.4 is 11.1 Å². The number of carbonyl (C=O) groups excluding carboxylic acids is 1. The molecular formula is C12H16BrN3OS. The van der Waals surface area contributed by atoms with Gasteiger partial charge in [-0.15, -0.1) is 0 Å². The van der Waals surface area contributed by atoms with Gasteiger partial charge in [0.05, 0.1) is 5.69 Å². The standard InChI is InChI=1S/C12H16BrN3OS/c1-3-16(4-2)12(17)15-10-6-5-8(11(14)18)7-9(10)13/h5-7H,3-4H2,1-2H3,(H2,14,18)(H,15,17). The summed E-state index contributed by atoms with van der Waals surface area (Å²) in [6, 6.07) is 5.23. The average Bonchev–Trinajstić information content (AvgIpc) is 2.33. The molecule has 0 unspecified atom stereocenters. The van der Waals surface area contributed by atoms with Gasteiger partial charge in [0.15, 0.2) is 0 Å². The largest absolute Gasteiger partial charge is 0.389 e. The number of nitrogens with two attached hydrogens (primary N) is 1. The minimum Gasteiger partial charge on any atom is -0.389 e. The number of urea groups is 1. The van der Waals surface area contributed by atoms with E-state index in [4.69, 9.17) is 18.0 Å². The second kappa shape index (κ2) is 6.70. The Kier molecular flexibility index (Phi) is 5.55. The summed E-state index contributed by atoms with van der Waals surface area (Å²) in [5.74, 6) is 0. The quantitative estimate of drug-likeness (QED) is 0.835. The van der Waals surface area contributed by atoms with Gasteiger partial charge in [0.2, 0.25) is 0 Å². The van der Waals surface area contributed by atoms with Gasteiger partial charge in [0.25, 0.3) is 0 Å². The van der Waals surface area contributed by atoms with E-state index in [1.807, 2.05) is 13.8 Å². The lowest BCUT2D eigenvalue weighted by molar-refractivity contribution is 0.217. The van der Waals surface area contributed by atoms with E-state index >= 15 is 0 Å². The van der Waals surface area contributed by atoms with Gasteiger partial charge >= 0.3 is 6.03 Å². The summed E-state index contributed by atoms with van der Waals surface area (Å²) >= 11 is 8.28. The maximum atomic E-state index is 11.9. The van der Waals surface area contributed by atoms with Crippen LogP contribution in [0, 0.1) is 0 Å². The number of amides is 2. The molecule has 1 rings (SSSR count). The molecule has 0 aliphatic carbocycles. The Labute approximate surface area is 121 Å². The van der Waals surface area contributed by atoms with Crippen molar-refractivity contribution in [2.75, 3.05) is 18.4 Å². The van der Waals surface area contributed by atoms with Gasteiger partial charge in [0, 0.05) is 23.1 Å². The third-order valence-electron chi connectivity index (χ3n) is 2.55. The van der Waals surface area contributed by atoms with Gasteiger partial charge < -0.3 is 16.0 Å². The molecule has 0 radical (unpaired) electrons. The number of nitrogens with zero attached hydrogens (tertiary/aromatic N) is 1. The molecule has 6 heteroatoms. The van der Waals surface area contributed by atoms with E-state index < -0.39 is 0 Å². The number of thiocarbonyl (C=S) groups is 1. The normalized spacial score (nSPS) is 9.94. The third kappa shape index (κ3) is 3.68. The molecule has 4 nitrogen and oxygen atoms in total. The fourth-order valence-corrected chi connectivity index (χ4v) is 2.08. The molecule has 98 valence electrons. The van der Waals surface area contributed by atoms with Crippen molar-refractivity contribution in [3.63, 3.8) is 0 Å². The lowest BCUT2D eigenvalue weighted by Gasteiger charge is -2.19. The van der Waals surface area contributed by atoms with Crippen molar-refractivity contribution >= 4 is 44.9 Å². The van der Waals surface area contributed by atoms with Crippen molar-refractivity contribution in [3.8, 4) is 0 Å². The van der Waals surface area contributed by atoms with Gasteiger partial charge in [0.1, 0.15) is 4.99 Å². The first kappa shape index (κ1) is 14.9. The summed E-state index contributed by atoms with van der Waals surface area (Å²) in [5.41, 5.74) is 7.00. The molecule has 0 fully saturated rings. The highest BCUT2D eigenvalue weighted by molar-refractivity contribution is 9.10. The van der Waals surface area contributed by atoms with E-state index in [0.717, 1.165) is 10.0 Å². The molecule has 1 aromatic rings. The summed E-state index contributed by atoms with van der Waals surface area (Å²) in [6.45, 7) is 5.22. The van der Waals surface area contributed by atoms with Crippen molar-refractivity contribution in [2.45, 2.75) is 13.8 Å². The molecule has 3 N–H and O–H groups in total. The van der Waals surface area contributed by atoms with Gasteiger partial charge in [-0.1, -0.05) is 12.2 Å². The zero-order chi connectivity index (χ0) is 13.7. The zero-order valence-electron chi connectivity index (χ0n) is 10.4. The molecule has 18 heavy (non-hydrogen) atoms. The Morgan fingerprint density at radius 3 is 2.50 bits per heavy atom. The molecule has 0 saturated heterocycles. The summed E-state index contributed by atoms with van der Waals surface area (Å²) in [7, 11) is 0. The van der Waals surface area contributed by atoms with E-state index in [-0.39, 0.29) is 6.03 Å². The lowest BCUT2D eigenvalue weighted by atomic mass is 10.2. The summed E-state index contributed by atoms with van der Waals surface area (Å²) in [5, 5.41) is 2.83. The fraction of sp³-hybridized carbons (Fsp3) is 0.333. The number of nitrogens with one attached hydrogen (secondary N) is 1. The first-order valence-corrected chi connectivity index (χ1v) is 6.85. The minimum absolute atomic E-state index is 0.122. The van der Waals surface area contributed by atoms with E-state index in [2.05, 4.69) is 21.2 Å². The van der Waals surface area contributed by atoms with Crippen LogP contribution in [-0.2, 0) is 0 Å². The van der Waals surface area contributed by atoms with Crippen LogP contribution in [0.2, 0.25) is 0 Å². The van der Waals surface area contributed by atoms with Crippen LogP contribution in [0.25, 0.3) is 0 Å². The Bertz CT molecular complexity index is 461. The van der Waals surface area contributed by atoms with Crippen LogP contribution in [-0.4, -0.2) is 29.0 Å². The average molecular weight is 330 g/mol. The van der Waals surface area contributed by atoms with Crippen LogP contribution in [0.5, 0.6) is 0 Å². The lowest BCUT2D eigenvalue weighted by Crippen LogP contribution is -2.34. The number of halogens is 1. The van der Waals surface area contributed by atoms with Crippen LogP contribution in [0.4, 0.5) is 10.5 Å². The van der Waals surface area contributed by atoms with Crippen molar-refractivity contribution in [1.29, 1.82) is 0 Å². The number of hydrogen-bond acceptors (Lipinski definition) is 2. The number of rotatable bonds is 4. The summed E-state index contributed by atoms with van der Waals surface area (Å²) in [6.07, 6.45) is 0.